The van der Waals surface area contributed by atoms with Crippen molar-refractivity contribution in [3.05, 3.63) is 5.01 Å². The summed E-state index contributed by atoms with van der Waals surface area (Å²) in [5, 5.41) is 13.8. The molecule has 0 unspecified atom stereocenters. The molecule has 0 radical (unpaired) electrons. The van der Waals surface area contributed by atoms with Crippen molar-refractivity contribution in [3.8, 4) is 0 Å². The molecule has 21 heavy (non-hydrogen) atoms. The van der Waals surface area contributed by atoms with Crippen LogP contribution in [0.2, 0.25) is 0 Å². The van der Waals surface area contributed by atoms with E-state index in [0.717, 1.165) is 42.5 Å². The van der Waals surface area contributed by atoms with Gasteiger partial charge in [0, 0.05) is 31.0 Å². The Morgan fingerprint density at radius 2 is 2.19 bits per heavy atom. The summed E-state index contributed by atoms with van der Waals surface area (Å²) in [5.41, 5.74) is 0.0421. The maximum Gasteiger partial charge on any atom is 0.220 e. The lowest BCUT2D eigenvalue weighted by Crippen LogP contribution is -2.47. The van der Waals surface area contributed by atoms with E-state index in [1.54, 1.807) is 11.3 Å². The van der Waals surface area contributed by atoms with Crippen molar-refractivity contribution in [2.75, 3.05) is 18.0 Å². The highest BCUT2D eigenvalue weighted by molar-refractivity contribution is 7.15. The third kappa shape index (κ3) is 4.40. The molecule has 0 bridgehead atoms. The van der Waals surface area contributed by atoms with Crippen LogP contribution in [0.1, 0.15) is 58.4 Å². The van der Waals surface area contributed by atoms with Gasteiger partial charge in [-0.05, 0) is 19.3 Å². The van der Waals surface area contributed by atoms with Crippen molar-refractivity contribution in [3.63, 3.8) is 0 Å². The molecule has 118 valence electrons. The SMILES string of the molecule is CCCC(=O)N[C@H]1CCCN(c2nnc(C(C)(C)C)s2)C1. The topological polar surface area (TPSA) is 58.1 Å². The van der Waals surface area contributed by atoms with Crippen LogP contribution in [0.3, 0.4) is 0 Å². The van der Waals surface area contributed by atoms with Crippen molar-refractivity contribution in [2.24, 2.45) is 0 Å². The summed E-state index contributed by atoms with van der Waals surface area (Å²) in [6.45, 7) is 10.3. The summed E-state index contributed by atoms with van der Waals surface area (Å²) in [6, 6.07) is 0.236. The third-order valence-electron chi connectivity index (χ3n) is 3.59. The van der Waals surface area contributed by atoms with Gasteiger partial charge in [0.15, 0.2) is 0 Å². The number of anilines is 1. The summed E-state index contributed by atoms with van der Waals surface area (Å²) < 4.78 is 0. The van der Waals surface area contributed by atoms with E-state index in [9.17, 15) is 4.79 Å². The van der Waals surface area contributed by atoms with E-state index < -0.39 is 0 Å². The predicted octanol–water partition coefficient (Wildman–Crippen LogP) is 2.72. The maximum atomic E-state index is 11.7. The molecule has 6 heteroatoms. The minimum absolute atomic E-state index is 0.0421. The molecule has 1 amide bonds. The lowest BCUT2D eigenvalue weighted by molar-refractivity contribution is -0.121. The van der Waals surface area contributed by atoms with E-state index in [1.807, 2.05) is 6.92 Å². The van der Waals surface area contributed by atoms with Crippen molar-refractivity contribution >= 4 is 22.4 Å². The molecular formula is C15H26N4OS. The maximum absolute atomic E-state index is 11.7. The second-order valence-electron chi connectivity index (χ2n) is 6.74. The van der Waals surface area contributed by atoms with Crippen LogP contribution in [0.15, 0.2) is 0 Å². The van der Waals surface area contributed by atoms with Crippen LogP contribution < -0.4 is 10.2 Å². The summed E-state index contributed by atoms with van der Waals surface area (Å²) in [7, 11) is 0. The minimum atomic E-state index is 0.0421. The van der Waals surface area contributed by atoms with Crippen LogP contribution in [0, 0.1) is 0 Å². The Morgan fingerprint density at radius 1 is 1.43 bits per heavy atom. The Hall–Kier alpha value is -1.17. The molecule has 0 spiro atoms. The fraction of sp³-hybridized carbons (Fsp3) is 0.800. The number of carbonyl (C=O) groups is 1. The van der Waals surface area contributed by atoms with Gasteiger partial charge < -0.3 is 10.2 Å². The Bertz CT molecular complexity index is 480. The van der Waals surface area contributed by atoms with E-state index in [2.05, 4.69) is 41.2 Å². The van der Waals surface area contributed by atoms with Crippen molar-refractivity contribution in [1.29, 1.82) is 0 Å². The van der Waals surface area contributed by atoms with E-state index in [-0.39, 0.29) is 17.4 Å². The second kappa shape index (κ2) is 6.73. The summed E-state index contributed by atoms with van der Waals surface area (Å²) in [5.74, 6) is 0.164. The van der Waals surface area contributed by atoms with Crippen molar-refractivity contribution in [1.82, 2.24) is 15.5 Å². The van der Waals surface area contributed by atoms with E-state index >= 15 is 0 Å². The molecule has 1 fully saturated rings. The Kier molecular flexibility index (Phi) is 5.19. The zero-order chi connectivity index (χ0) is 15.5. The van der Waals surface area contributed by atoms with Crippen LogP contribution in [0.5, 0.6) is 0 Å². The Morgan fingerprint density at radius 3 is 2.81 bits per heavy atom. The molecule has 1 N–H and O–H groups in total. The molecule has 1 saturated heterocycles. The molecule has 0 aliphatic carbocycles. The minimum Gasteiger partial charge on any atom is -0.352 e. The summed E-state index contributed by atoms with van der Waals surface area (Å²) in [4.78, 5) is 14.0. The monoisotopic (exact) mass is 310 g/mol. The summed E-state index contributed by atoms with van der Waals surface area (Å²) >= 11 is 1.67. The van der Waals surface area contributed by atoms with Gasteiger partial charge >= 0.3 is 0 Å². The van der Waals surface area contributed by atoms with E-state index in [1.165, 1.54) is 0 Å². The van der Waals surface area contributed by atoms with Gasteiger partial charge in [-0.1, -0.05) is 39.0 Å². The number of hydrogen-bond acceptors (Lipinski definition) is 5. The number of carbonyl (C=O) groups excluding carboxylic acids is 1. The standard InChI is InChI=1S/C15H26N4OS/c1-5-7-12(20)16-11-8-6-9-19(10-11)14-18-17-13(21-14)15(2,3)4/h11H,5-10H2,1-4H3,(H,16,20)/t11-/m0/s1. The first-order valence-corrected chi connectivity index (χ1v) is 8.60. The fourth-order valence-corrected chi connectivity index (χ4v) is 3.38. The summed E-state index contributed by atoms with van der Waals surface area (Å²) in [6.07, 6.45) is 3.65. The smallest absolute Gasteiger partial charge is 0.220 e. The molecule has 2 rings (SSSR count). The molecule has 2 heterocycles. The highest BCUT2D eigenvalue weighted by Crippen LogP contribution is 2.30. The fourth-order valence-electron chi connectivity index (χ4n) is 2.44. The van der Waals surface area contributed by atoms with Gasteiger partial charge in [-0.3, -0.25) is 4.79 Å². The first-order chi connectivity index (χ1) is 9.90. The van der Waals surface area contributed by atoms with E-state index in [0.29, 0.717) is 6.42 Å². The zero-order valence-corrected chi connectivity index (χ0v) is 14.3. The van der Waals surface area contributed by atoms with E-state index in [4.69, 9.17) is 0 Å². The number of nitrogens with zero attached hydrogens (tertiary/aromatic N) is 3. The van der Waals surface area contributed by atoms with Crippen LogP contribution in [0.25, 0.3) is 0 Å². The number of nitrogens with one attached hydrogen (secondary N) is 1. The zero-order valence-electron chi connectivity index (χ0n) is 13.5. The number of amides is 1. The molecule has 1 aromatic heterocycles. The Balaban J connectivity index is 1.97. The van der Waals surface area contributed by atoms with Gasteiger partial charge in [-0.25, -0.2) is 0 Å². The molecule has 1 aliphatic rings. The molecule has 1 aromatic rings. The molecule has 5 nitrogen and oxygen atoms in total. The number of rotatable bonds is 4. The molecule has 1 aliphatic heterocycles. The van der Waals surface area contributed by atoms with Gasteiger partial charge in [0.1, 0.15) is 5.01 Å². The highest BCUT2D eigenvalue weighted by Gasteiger charge is 2.26. The molecule has 1 atom stereocenters. The largest absolute Gasteiger partial charge is 0.352 e. The van der Waals surface area contributed by atoms with Crippen LogP contribution >= 0.6 is 11.3 Å². The van der Waals surface area contributed by atoms with Crippen LogP contribution in [-0.4, -0.2) is 35.2 Å². The highest BCUT2D eigenvalue weighted by atomic mass is 32.1. The third-order valence-corrected chi connectivity index (χ3v) is 5.00. The quantitative estimate of drug-likeness (QED) is 0.929. The van der Waals surface area contributed by atoms with Crippen molar-refractivity contribution in [2.45, 2.75) is 64.8 Å². The first-order valence-electron chi connectivity index (χ1n) is 7.78. The predicted molar refractivity (Wildman–Crippen MR) is 86.9 cm³/mol. The number of hydrogen-bond donors (Lipinski definition) is 1. The average molecular weight is 310 g/mol. The molecule has 0 saturated carbocycles. The van der Waals surface area contributed by atoms with Gasteiger partial charge in [0.25, 0.3) is 0 Å². The van der Waals surface area contributed by atoms with Crippen molar-refractivity contribution < 1.29 is 4.79 Å². The average Bonchev–Trinajstić information content (AvgIpc) is 2.88. The normalized spacial score (nSPS) is 19.6. The van der Waals surface area contributed by atoms with Gasteiger partial charge in [0.2, 0.25) is 11.0 Å². The Labute approximate surface area is 131 Å². The second-order valence-corrected chi connectivity index (χ2v) is 7.70. The number of aromatic nitrogens is 2. The molecular weight excluding hydrogens is 284 g/mol. The first kappa shape index (κ1) is 16.2. The van der Waals surface area contributed by atoms with Crippen LogP contribution in [0.4, 0.5) is 5.13 Å². The molecule has 0 aromatic carbocycles. The van der Waals surface area contributed by atoms with Gasteiger partial charge in [-0.15, -0.1) is 10.2 Å². The van der Waals surface area contributed by atoms with Crippen LogP contribution in [-0.2, 0) is 10.2 Å². The lowest BCUT2D eigenvalue weighted by Gasteiger charge is -2.32. The lowest BCUT2D eigenvalue weighted by atomic mass is 9.98. The van der Waals surface area contributed by atoms with Gasteiger partial charge in [0.05, 0.1) is 0 Å². The van der Waals surface area contributed by atoms with Gasteiger partial charge in [-0.2, -0.15) is 0 Å². The number of piperidine rings is 1.